The lowest BCUT2D eigenvalue weighted by atomic mass is 10.2. The van der Waals surface area contributed by atoms with Crippen LogP contribution >= 0.6 is 27.7 Å². The van der Waals surface area contributed by atoms with Gasteiger partial charge in [-0.05, 0) is 28.4 Å². The van der Waals surface area contributed by atoms with E-state index in [9.17, 15) is 4.79 Å². The Morgan fingerprint density at radius 1 is 1.75 bits per heavy atom. The molecule has 0 spiro atoms. The molecule has 1 fully saturated rings. The van der Waals surface area contributed by atoms with Crippen molar-refractivity contribution in [1.29, 1.82) is 0 Å². The summed E-state index contributed by atoms with van der Waals surface area (Å²) in [4.78, 5) is 14.1. The van der Waals surface area contributed by atoms with Crippen LogP contribution in [0, 0.1) is 0 Å². The standard InChI is InChI=1S/C11H14BrNO2S/c1-2-8-7-13(4-6-16-8)11(14)9-3-5-15-10(9)12/h3,5,8H,2,4,6-7H2,1H3. The fraction of sp³-hybridized carbons (Fsp3) is 0.545. The molecule has 0 aliphatic carbocycles. The first-order valence-electron chi connectivity index (χ1n) is 5.36. The van der Waals surface area contributed by atoms with Crippen molar-refractivity contribution in [3.8, 4) is 0 Å². The van der Waals surface area contributed by atoms with Gasteiger partial charge >= 0.3 is 0 Å². The van der Waals surface area contributed by atoms with Gasteiger partial charge in [0, 0.05) is 24.1 Å². The Labute approximate surface area is 108 Å². The van der Waals surface area contributed by atoms with Gasteiger partial charge in [0.15, 0.2) is 4.67 Å². The zero-order valence-corrected chi connectivity index (χ0v) is 11.5. The van der Waals surface area contributed by atoms with Crippen LogP contribution in [-0.4, -0.2) is 34.9 Å². The second kappa shape index (κ2) is 5.27. The van der Waals surface area contributed by atoms with E-state index in [-0.39, 0.29) is 5.91 Å². The van der Waals surface area contributed by atoms with Crippen molar-refractivity contribution in [3.05, 3.63) is 22.6 Å². The first kappa shape index (κ1) is 12.0. The number of carbonyl (C=O) groups excluding carboxylic acids is 1. The van der Waals surface area contributed by atoms with Crippen LogP contribution in [0.25, 0.3) is 0 Å². The van der Waals surface area contributed by atoms with Gasteiger partial charge in [-0.15, -0.1) is 0 Å². The van der Waals surface area contributed by atoms with E-state index in [0.29, 0.717) is 15.5 Å². The van der Waals surface area contributed by atoms with Crippen LogP contribution in [0.5, 0.6) is 0 Å². The second-order valence-electron chi connectivity index (χ2n) is 3.76. The lowest BCUT2D eigenvalue weighted by Crippen LogP contribution is -2.41. The van der Waals surface area contributed by atoms with E-state index in [2.05, 4.69) is 22.9 Å². The molecule has 1 saturated heterocycles. The third-order valence-electron chi connectivity index (χ3n) is 2.73. The van der Waals surface area contributed by atoms with Gasteiger partial charge in [-0.3, -0.25) is 4.79 Å². The minimum atomic E-state index is 0.0689. The molecule has 0 N–H and O–H groups in total. The molecule has 0 radical (unpaired) electrons. The van der Waals surface area contributed by atoms with Crippen LogP contribution in [-0.2, 0) is 0 Å². The predicted molar refractivity (Wildman–Crippen MR) is 68.8 cm³/mol. The highest BCUT2D eigenvalue weighted by molar-refractivity contribution is 9.10. The zero-order chi connectivity index (χ0) is 11.5. The van der Waals surface area contributed by atoms with Crippen molar-refractivity contribution < 1.29 is 9.21 Å². The van der Waals surface area contributed by atoms with Crippen molar-refractivity contribution in [2.75, 3.05) is 18.8 Å². The van der Waals surface area contributed by atoms with Crippen LogP contribution in [0.1, 0.15) is 23.7 Å². The SMILES string of the molecule is CCC1CN(C(=O)c2ccoc2Br)CCS1. The van der Waals surface area contributed by atoms with Crippen molar-refractivity contribution in [2.45, 2.75) is 18.6 Å². The Balaban J connectivity index is 2.07. The number of hydrogen-bond acceptors (Lipinski definition) is 3. The summed E-state index contributed by atoms with van der Waals surface area (Å²) < 4.78 is 5.62. The molecule has 3 nitrogen and oxygen atoms in total. The third-order valence-corrected chi connectivity index (χ3v) is 4.72. The molecule has 1 aromatic heterocycles. The van der Waals surface area contributed by atoms with Crippen LogP contribution in [0.4, 0.5) is 0 Å². The Kier molecular flexibility index (Phi) is 3.97. The number of carbonyl (C=O) groups is 1. The number of rotatable bonds is 2. The summed E-state index contributed by atoms with van der Waals surface area (Å²) in [6.07, 6.45) is 2.65. The van der Waals surface area contributed by atoms with E-state index in [4.69, 9.17) is 4.42 Å². The van der Waals surface area contributed by atoms with Crippen molar-refractivity contribution in [3.63, 3.8) is 0 Å². The Morgan fingerprint density at radius 3 is 3.19 bits per heavy atom. The van der Waals surface area contributed by atoms with Crippen molar-refractivity contribution in [2.24, 2.45) is 0 Å². The van der Waals surface area contributed by atoms with Crippen LogP contribution < -0.4 is 0 Å². The number of amides is 1. The highest BCUT2D eigenvalue weighted by atomic mass is 79.9. The maximum atomic E-state index is 12.2. The molecular weight excluding hydrogens is 290 g/mol. The number of nitrogens with zero attached hydrogens (tertiary/aromatic N) is 1. The van der Waals surface area contributed by atoms with E-state index in [1.165, 1.54) is 6.26 Å². The molecule has 16 heavy (non-hydrogen) atoms. The molecule has 1 amide bonds. The van der Waals surface area contributed by atoms with E-state index < -0.39 is 0 Å². The molecule has 2 heterocycles. The normalized spacial score (nSPS) is 21.1. The molecule has 1 aliphatic heterocycles. The summed E-state index contributed by atoms with van der Waals surface area (Å²) in [5.41, 5.74) is 0.627. The average molecular weight is 304 g/mol. The summed E-state index contributed by atoms with van der Waals surface area (Å²) in [6.45, 7) is 3.84. The monoisotopic (exact) mass is 303 g/mol. The van der Waals surface area contributed by atoms with Gasteiger partial charge in [0.05, 0.1) is 11.8 Å². The topological polar surface area (TPSA) is 33.5 Å². The highest BCUT2D eigenvalue weighted by Gasteiger charge is 2.25. The van der Waals surface area contributed by atoms with Gasteiger partial charge in [0.25, 0.3) is 5.91 Å². The molecular formula is C11H14BrNO2S. The molecule has 0 bridgehead atoms. The quantitative estimate of drug-likeness (QED) is 0.842. The van der Waals surface area contributed by atoms with Gasteiger partial charge in [-0.1, -0.05) is 6.92 Å². The predicted octanol–water partition coefficient (Wildman–Crippen LogP) is 3.01. The lowest BCUT2D eigenvalue weighted by molar-refractivity contribution is 0.0759. The Hall–Kier alpha value is -0.420. The highest BCUT2D eigenvalue weighted by Crippen LogP contribution is 2.25. The largest absolute Gasteiger partial charge is 0.457 e. The molecule has 5 heteroatoms. The zero-order valence-electron chi connectivity index (χ0n) is 9.11. The first-order valence-corrected chi connectivity index (χ1v) is 7.20. The molecule has 1 aliphatic rings. The number of furan rings is 1. The van der Waals surface area contributed by atoms with Gasteiger partial charge in [-0.25, -0.2) is 0 Å². The molecule has 2 rings (SSSR count). The molecule has 1 aromatic rings. The van der Waals surface area contributed by atoms with Crippen LogP contribution in [0.2, 0.25) is 0 Å². The van der Waals surface area contributed by atoms with Crippen molar-refractivity contribution >= 4 is 33.6 Å². The summed E-state index contributed by atoms with van der Waals surface area (Å²) >= 11 is 5.20. The summed E-state index contributed by atoms with van der Waals surface area (Å²) in [5, 5.41) is 0.573. The first-order chi connectivity index (χ1) is 7.72. The van der Waals surface area contributed by atoms with E-state index in [1.807, 2.05) is 16.7 Å². The van der Waals surface area contributed by atoms with E-state index >= 15 is 0 Å². The number of thioether (sulfide) groups is 1. The average Bonchev–Trinajstić information content (AvgIpc) is 2.74. The van der Waals surface area contributed by atoms with Crippen LogP contribution in [0.3, 0.4) is 0 Å². The number of hydrogen-bond donors (Lipinski definition) is 0. The van der Waals surface area contributed by atoms with Crippen LogP contribution in [0.15, 0.2) is 21.4 Å². The van der Waals surface area contributed by atoms with Gasteiger partial charge < -0.3 is 9.32 Å². The fourth-order valence-electron chi connectivity index (χ4n) is 1.77. The van der Waals surface area contributed by atoms with Gasteiger partial charge in [0.2, 0.25) is 0 Å². The molecule has 1 atom stereocenters. The smallest absolute Gasteiger partial charge is 0.258 e. The minimum Gasteiger partial charge on any atom is -0.457 e. The van der Waals surface area contributed by atoms with Gasteiger partial charge in [0.1, 0.15) is 0 Å². The minimum absolute atomic E-state index is 0.0689. The summed E-state index contributed by atoms with van der Waals surface area (Å²) in [5.74, 6) is 1.10. The van der Waals surface area contributed by atoms with Gasteiger partial charge in [-0.2, -0.15) is 11.8 Å². The Bertz CT molecular complexity index is 380. The van der Waals surface area contributed by atoms with Crippen molar-refractivity contribution in [1.82, 2.24) is 4.90 Å². The number of halogens is 1. The molecule has 1 unspecified atom stereocenters. The maximum absolute atomic E-state index is 12.2. The summed E-state index contributed by atoms with van der Waals surface area (Å²) in [6, 6.07) is 1.72. The summed E-state index contributed by atoms with van der Waals surface area (Å²) in [7, 11) is 0. The molecule has 0 saturated carbocycles. The third kappa shape index (κ3) is 2.46. The van der Waals surface area contributed by atoms with E-state index in [1.54, 1.807) is 6.07 Å². The Morgan fingerprint density at radius 2 is 2.56 bits per heavy atom. The molecule has 88 valence electrons. The maximum Gasteiger partial charge on any atom is 0.258 e. The second-order valence-corrected chi connectivity index (χ2v) is 5.89. The van der Waals surface area contributed by atoms with E-state index in [0.717, 1.165) is 25.3 Å². The molecule has 0 aromatic carbocycles. The fourth-order valence-corrected chi connectivity index (χ4v) is 3.36. The lowest BCUT2D eigenvalue weighted by Gasteiger charge is -2.31.